The van der Waals surface area contributed by atoms with Crippen LogP contribution in [0.15, 0.2) is 53.7 Å². The standard InChI is InChI=1S/C17H17N3O3S/c21-15(12-24-17-5-1-2-11-20(17)23)18-13-6-8-14(9-7-13)19-10-3-4-16(19)22/h1-2,5-9,11H,3-4,10,12H2,(H,18,21). The number of carbonyl (C=O) groups is 2. The highest BCUT2D eigenvalue weighted by Crippen LogP contribution is 2.23. The molecule has 0 radical (unpaired) electrons. The number of thioether (sulfide) groups is 1. The summed E-state index contributed by atoms with van der Waals surface area (Å²) >= 11 is 1.18. The quantitative estimate of drug-likeness (QED) is 0.513. The Kier molecular flexibility index (Phi) is 5.00. The highest BCUT2D eigenvalue weighted by Gasteiger charge is 2.21. The molecule has 1 saturated heterocycles. The molecule has 0 spiro atoms. The molecule has 7 heteroatoms. The largest absolute Gasteiger partial charge is 0.618 e. The van der Waals surface area contributed by atoms with E-state index in [0.29, 0.717) is 17.1 Å². The third kappa shape index (κ3) is 3.86. The van der Waals surface area contributed by atoms with Crippen LogP contribution in [0.5, 0.6) is 0 Å². The van der Waals surface area contributed by atoms with E-state index in [1.54, 1.807) is 35.2 Å². The molecule has 0 unspecified atom stereocenters. The molecule has 1 N–H and O–H groups in total. The number of hydrogen-bond acceptors (Lipinski definition) is 4. The van der Waals surface area contributed by atoms with Gasteiger partial charge in [0.1, 0.15) is 0 Å². The van der Waals surface area contributed by atoms with Crippen LogP contribution in [0.3, 0.4) is 0 Å². The van der Waals surface area contributed by atoms with Gasteiger partial charge in [-0.25, -0.2) is 0 Å². The molecule has 0 bridgehead atoms. The lowest BCUT2D eigenvalue weighted by Gasteiger charge is -2.16. The summed E-state index contributed by atoms with van der Waals surface area (Å²) in [5.41, 5.74) is 1.51. The van der Waals surface area contributed by atoms with Gasteiger partial charge in [0.2, 0.25) is 11.8 Å². The summed E-state index contributed by atoms with van der Waals surface area (Å²) in [6, 6.07) is 12.3. The van der Waals surface area contributed by atoms with E-state index in [1.807, 2.05) is 12.1 Å². The predicted molar refractivity (Wildman–Crippen MR) is 92.8 cm³/mol. The van der Waals surface area contributed by atoms with E-state index in [2.05, 4.69) is 5.32 Å². The first-order valence-electron chi connectivity index (χ1n) is 7.65. The predicted octanol–water partition coefficient (Wildman–Crippen LogP) is 2.18. The molecule has 1 aromatic carbocycles. The smallest absolute Gasteiger partial charge is 0.251 e. The summed E-state index contributed by atoms with van der Waals surface area (Å²) < 4.78 is 0.736. The van der Waals surface area contributed by atoms with Crippen molar-refractivity contribution in [1.29, 1.82) is 0 Å². The Morgan fingerprint density at radius 2 is 2.04 bits per heavy atom. The molecule has 3 rings (SSSR count). The molecule has 1 fully saturated rings. The van der Waals surface area contributed by atoms with Crippen LogP contribution >= 0.6 is 11.8 Å². The molecule has 0 saturated carbocycles. The lowest BCUT2D eigenvalue weighted by molar-refractivity contribution is -0.645. The van der Waals surface area contributed by atoms with Gasteiger partial charge in [-0.15, -0.1) is 0 Å². The average molecular weight is 343 g/mol. The third-order valence-electron chi connectivity index (χ3n) is 3.68. The molecule has 6 nitrogen and oxygen atoms in total. The molecule has 24 heavy (non-hydrogen) atoms. The zero-order valence-electron chi connectivity index (χ0n) is 13.0. The number of aromatic nitrogens is 1. The van der Waals surface area contributed by atoms with Gasteiger partial charge in [0, 0.05) is 36.5 Å². The Morgan fingerprint density at radius 3 is 2.71 bits per heavy atom. The molecule has 1 aliphatic rings. The van der Waals surface area contributed by atoms with Gasteiger partial charge in [0.05, 0.1) is 5.75 Å². The normalized spacial score (nSPS) is 14.0. The summed E-state index contributed by atoms with van der Waals surface area (Å²) in [6.45, 7) is 0.744. The SMILES string of the molecule is O=C(CSc1cccc[n+]1[O-])Nc1ccc(N2CCCC2=O)cc1. The first kappa shape index (κ1) is 16.3. The zero-order chi connectivity index (χ0) is 16.9. The topological polar surface area (TPSA) is 76.3 Å². The Balaban J connectivity index is 1.55. The van der Waals surface area contributed by atoms with Gasteiger partial charge < -0.3 is 15.4 Å². The van der Waals surface area contributed by atoms with Gasteiger partial charge in [0.25, 0.3) is 5.03 Å². The van der Waals surface area contributed by atoms with Crippen LogP contribution in [0.4, 0.5) is 11.4 Å². The van der Waals surface area contributed by atoms with E-state index in [4.69, 9.17) is 0 Å². The molecule has 124 valence electrons. The van der Waals surface area contributed by atoms with Gasteiger partial charge in [-0.1, -0.05) is 0 Å². The van der Waals surface area contributed by atoms with E-state index in [1.165, 1.54) is 18.0 Å². The molecule has 2 aromatic rings. The van der Waals surface area contributed by atoms with Crippen LogP contribution in [0, 0.1) is 5.21 Å². The van der Waals surface area contributed by atoms with E-state index in [0.717, 1.165) is 23.4 Å². The van der Waals surface area contributed by atoms with Crippen LogP contribution in [-0.4, -0.2) is 24.1 Å². The summed E-state index contributed by atoms with van der Waals surface area (Å²) in [4.78, 5) is 25.4. The van der Waals surface area contributed by atoms with Crippen LogP contribution in [0.1, 0.15) is 12.8 Å². The van der Waals surface area contributed by atoms with Gasteiger partial charge in [-0.3, -0.25) is 9.59 Å². The van der Waals surface area contributed by atoms with Crippen molar-refractivity contribution in [2.24, 2.45) is 0 Å². The van der Waals surface area contributed by atoms with Crippen molar-refractivity contribution in [2.75, 3.05) is 22.5 Å². The number of carbonyl (C=O) groups excluding carboxylic acids is 2. The summed E-state index contributed by atoms with van der Waals surface area (Å²) in [5, 5.41) is 14.8. The molecule has 1 aliphatic heterocycles. The number of rotatable bonds is 5. The molecule has 2 amide bonds. The Hall–Kier alpha value is -2.54. The molecule has 0 atom stereocenters. The van der Waals surface area contributed by atoms with E-state index in [-0.39, 0.29) is 17.6 Å². The van der Waals surface area contributed by atoms with Crippen LogP contribution in [0.25, 0.3) is 0 Å². The second kappa shape index (κ2) is 7.35. The number of amides is 2. The van der Waals surface area contributed by atoms with Crippen molar-refractivity contribution >= 4 is 35.0 Å². The number of pyridine rings is 1. The first-order chi connectivity index (χ1) is 11.6. The zero-order valence-corrected chi connectivity index (χ0v) is 13.8. The maximum Gasteiger partial charge on any atom is 0.251 e. The van der Waals surface area contributed by atoms with Gasteiger partial charge in [-0.2, -0.15) is 4.73 Å². The van der Waals surface area contributed by atoms with Crippen molar-refractivity contribution in [2.45, 2.75) is 17.9 Å². The van der Waals surface area contributed by atoms with Crippen LogP contribution in [0.2, 0.25) is 0 Å². The fourth-order valence-corrected chi connectivity index (χ4v) is 3.22. The van der Waals surface area contributed by atoms with E-state index in [9.17, 15) is 14.8 Å². The van der Waals surface area contributed by atoms with E-state index < -0.39 is 0 Å². The second-order valence-electron chi connectivity index (χ2n) is 5.40. The Morgan fingerprint density at radius 1 is 1.25 bits per heavy atom. The van der Waals surface area contributed by atoms with Crippen LogP contribution < -0.4 is 14.9 Å². The van der Waals surface area contributed by atoms with Gasteiger partial charge in [-0.05, 0) is 48.5 Å². The maximum atomic E-state index is 12.0. The monoisotopic (exact) mass is 343 g/mol. The highest BCUT2D eigenvalue weighted by atomic mass is 32.2. The minimum absolute atomic E-state index is 0.136. The summed E-state index contributed by atoms with van der Waals surface area (Å²) in [5.74, 6) is 0.101. The fourth-order valence-electron chi connectivity index (χ4n) is 2.51. The fraction of sp³-hybridized carbons (Fsp3) is 0.235. The third-order valence-corrected chi connectivity index (χ3v) is 4.69. The maximum absolute atomic E-state index is 12.0. The molecule has 0 aliphatic carbocycles. The molecular formula is C17H17N3O3S. The van der Waals surface area contributed by atoms with Gasteiger partial charge >= 0.3 is 0 Å². The van der Waals surface area contributed by atoms with Crippen molar-refractivity contribution < 1.29 is 14.3 Å². The number of hydrogen-bond donors (Lipinski definition) is 1. The van der Waals surface area contributed by atoms with Gasteiger partial charge in [0.15, 0.2) is 6.20 Å². The van der Waals surface area contributed by atoms with Crippen molar-refractivity contribution in [1.82, 2.24) is 0 Å². The Labute approximate surface area is 144 Å². The van der Waals surface area contributed by atoms with E-state index >= 15 is 0 Å². The lowest BCUT2D eigenvalue weighted by atomic mass is 10.2. The first-order valence-corrected chi connectivity index (χ1v) is 8.63. The minimum Gasteiger partial charge on any atom is -0.618 e. The number of nitrogens with zero attached hydrogens (tertiary/aromatic N) is 2. The second-order valence-corrected chi connectivity index (χ2v) is 6.39. The minimum atomic E-state index is -0.186. The van der Waals surface area contributed by atoms with Crippen molar-refractivity contribution in [3.8, 4) is 0 Å². The molecule has 2 heterocycles. The Bertz CT molecular complexity index is 749. The van der Waals surface area contributed by atoms with Crippen molar-refractivity contribution in [3.05, 3.63) is 53.9 Å². The van der Waals surface area contributed by atoms with Crippen molar-refractivity contribution in [3.63, 3.8) is 0 Å². The van der Waals surface area contributed by atoms with Crippen LogP contribution in [-0.2, 0) is 9.59 Å². The number of nitrogens with one attached hydrogen (secondary N) is 1. The number of anilines is 2. The molecular weight excluding hydrogens is 326 g/mol. The highest BCUT2D eigenvalue weighted by molar-refractivity contribution is 7.99. The average Bonchev–Trinajstić information content (AvgIpc) is 3.01. The summed E-state index contributed by atoms with van der Waals surface area (Å²) in [6.07, 6.45) is 2.88. The number of benzene rings is 1. The molecule has 1 aromatic heterocycles. The lowest BCUT2D eigenvalue weighted by Crippen LogP contribution is -2.28. The summed E-state index contributed by atoms with van der Waals surface area (Å²) in [7, 11) is 0.